The van der Waals surface area contributed by atoms with E-state index in [2.05, 4.69) is 11.4 Å². The van der Waals surface area contributed by atoms with Gasteiger partial charge in [-0.2, -0.15) is 5.26 Å². The minimum Gasteiger partial charge on any atom is -0.394 e. The molecule has 122 valence electrons. The number of nitriles is 1. The molecular weight excluding hydrogens is 286 g/mol. The lowest BCUT2D eigenvalue weighted by molar-refractivity contribution is -0.135. The summed E-state index contributed by atoms with van der Waals surface area (Å²) >= 11 is 0. The van der Waals surface area contributed by atoms with Gasteiger partial charge < -0.3 is 25.2 Å². The summed E-state index contributed by atoms with van der Waals surface area (Å²) < 4.78 is 5.64. The molecule has 3 fully saturated rings. The summed E-state index contributed by atoms with van der Waals surface area (Å²) in [6.07, 6.45) is 2.49. The predicted octanol–water partition coefficient (Wildman–Crippen LogP) is -1.01. The van der Waals surface area contributed by atoms with Crippen LogP contribution in [0.2, 0.25) is 0 Å². The van der Waals surface area contributed by atoms with Gasteiger partial charge in [-0.15, -0.1) is 0 Å². The number of aliphatic hydroxyl groups is 2. The smallest absolute Gasteiger partial charge is 0.241 e. The third kappa shape index (κ3) is 2.84. The van der Waals surface area contributed by atoms with Crippen molar-refractivity contribution in [2.45, 2.75) is 56.0 Å². The van der Waals surface area contributed by atoms with Crippen molar-refractivity contribution in [1.82, 2.24) is 10.2 Å². The summed E-state index contributed by atoms with van der Waals surface area (Å²) in [5.74, 6) is 0.277. The Morgan fingerprint density at radius 2 is 2.32 bits per heavy atom. The lowest BCUT2D eigenvalue weighted by atomic mass is 9.97. The van der Waals surface area contributed by atoms with Crippen molar-refractivity contribution in [1.29, 1.82) is 5.26 Å². The number of nitrogens with zero attached hydrogens (tertiary/aromatic N) is 2. The van der Waals surface area contributed by atoms with E-state index < -0.39 is 6.10 Å². The fourth-order valence-corrected chi connectivity index (χ4v) is 3.94. The number of piperidine rings is 1. The standard InChI is InChI=1S/C15H23N3O4/c16-6-10-2-1-3-18(10)15(21)14-9-4-12(17-14)13(5-9)22-8-11(20)7-19/h9-14,17,19-20H,1-5,7-8H2/t9-,10-,11+,12+,13+,14-/m0/s1. The van der Waals surface area contributed by atoms with E-state index in [0.717, 1.165) is 25.7 Å². The molecule has 2 aliphatic heterocycles. The normalized spacial score (nSPS) is 38.2. The first-order valence-electron chi connectivity index (χ1n) is 8.00. The molecule has 1 saturated carbocycles. The van der Waals surface area contributed by atoms with Gasteiger partial charge >= 0.3 is 0 Å². The van der Waals surface area contributed by atoms with Gasteiger partial charge in [-0.1, -0.05) is 0 Å². The van der Waals surface area contributed by atoms with Crippen molar-refractivity contribution in [3.05, 3.63) is 0 Å². The summed E-state index contributed by atoms with van der Waals surface area (Å²) in [7, 11) is 0. The molecule has 0 spiro atoms. The number of aliphatic hydroxyl groups excluding tert-OH is 2. The lowest BCUT2D eigenvalue weighted by Crippen LogP contribution is -2.54. The quantitative estimate of drug-likeness (QED) is 0.601. The summed E-state index contributed by atoms with van der Waals surface area (Å²) in [5.41, 5.74) is 0. The Morgan fingerprint density at radius 3 is 2.95 bits per heavy atom. The first-order valence-corrected chi connectivity index (χ1v) is 8.00. The zero-order valence-corrected chi connectivity index (χ0v) is 12.5. The van der Waals surface area contributed by atoms with E-state index in [4.69, 9.17) is 15.1 Å². The van der Waals surface area contributed by atoms with Gasteiger partial charge in [0.05, 0.1) is 31.4 Å². The highest BCUT2D eigenvalue weighted by Crippen LogP contribution is 2.38. The molecule has 6 atom stereocenters. The molecule has 3 rings (SSSR count). The molecule has 3 N–H and O–H groups in total. The fourth-order valence-electron chi connectivity index (χ4n) is 3.94. The number of nitrogens with one attached hydrogen (secondary N) is 1. The molecule has 1 aliphatic carbocycles. The highest BCUT2D eigenvalue weighted by molar-refractivity contribution is 5.83. The van der Waals surface area contributed by atoms with Crippen LogP contribution in [-0.4, -0.2) is 71.1 Å². The van der Waals surface area contributed by atoms with Gasteiger partial charge in [0.15, 0.2) is 0 Å². The van der Waals surface area contributed by atoms with Gasteiger partial charge in [-0.05, 0) is 31.6 Å². The molecule has 0 aromatic heterocycles. The van der Waals surface area contributed by atoms with Gasteiger partial charge in [0.25, 0.3) is 0 Å². The summed E-state index contributed by atoms with van der Waals surface area (Å²) in [6.45, 7) is 0.489. The molecule has 0 aromatic carbocycles. The Hall–Kier alpha value is -1.20. The van der Waals surface area contributed by atoms with Crippen molar-refractivity contribution >= 4 is 5.91 Å². The summed E-state index contributed by atoms with van der Waals surface area (Å²) in [6, 6.07) is 1.85. The molecule has 0 unspecified atom stereocenters. The molecule has 1 amide bonds. The Kier molecular flexibility index (Phi) is 4.64. The van der Waals surface area contributed by atoms with Crippen molar-refractivity contribution < 1.29 is 19.7 Å². The summed E-state index contributed by atoms with van der Waals surface area (Å²) in [5, 5.41) is 30.6. The Bertz CT molecular complexity index is 466. The Balaban J connectivity index is 1.54. The first-order chi connectivity index (χ1) is 10.6. The van der Waals surface area contributed by atoms with E-state index in [0.29, 0.717) is 6.54 Å². The van der Waals surface area contributed by atoms with E-state index in [1.807, 2.05) is 0 Å². The van der Waals surface area contributed by atoms with E-state index in [-0.39, 0.29) is 49.3 Å². The Morgan fingerprint density at radius 1 is 1.50 bits per heavy atom. The van der Waals surface area contributed by atoms with Gasteiger partial charge in [0, 0.05) is 12.6 Å². The Labute approximate surface area is 129 Å². The van der Waals surface area contributed by atoms with Crippen molar-refractivity contribution in [2.24, 2.45) is 5.92 Å². The third-order valence-electron chi connectivity index (χ3n) is 5.07. The topological polar surface area (TPSA) is 106 Å². The van der Waals surface area contributed by atoms with Gasteiger partial charge in [-0.3, -0.25) is 4.79 Å². The number of likely N-dealkylation sites (tertiary alicyclic amines) is 1. The van der Waals surface area contributed by atoms with E-state index in [1.54, 1.807) is 4.90 Å². The molecule has 0 aromatic rings. The van der Waals surface area contributed by atoms with Crippen molar-refractivity contribution in [3.63, 3.8) is 0 Å². The fraction of sp³-hybridized carbons (Fsp3) is 0.867. The van der Waals surface area contributed by atoms with Crippen molar-refractivity contribution in [2.75, 3.05) is 19.8 Å². The molecular formula is C15H23N3O4. The average molecular weight is 309 g/mol. The maximum absolute atomic E-state index is 12.6. The molecule has 22 heavy (non-hydrogen) atoms. The second-order valence-corrected chi connectivity index (χ2v) is 6.51. The van der Waals surface area contributed by atoms with Gasteiger partial charge in [0.2, 0.25) is 5.91 Å². The second-order valence-electron chi connectivity index (χ2n) is 6.51. The number of carbonyl (C=O) groups is 1. The maximum atomic E-state index is 12.6. The summed E-state index contributed by atoms with van der Waals surface area (Å²) in [4.78, 5) is 14.3. The molecule has 2 saturated heterocycles. The molecule has 2 heterocycles. The number of hydrogen-bond donors (Lipinski definition) is 3. The monoisotopic (exact) mass is 309 g/mol. The zero-order chi connectivity index (χ0) is 15.7. The SMILES string of the molecule is N#C[C@@H]1CCCN1C(=O)[C@H]1N[C@@H]2C[C@H]1C[C@H]2OC[C@H](O)CO. The predicted molar refractivity (Wildman–Crippen MR) is 76.6 cm³/mol. The minimum atomic E-state index is -0.849. The maximum Gasteiger partial charge on any atom is 0.241 e. The van der Waals surface area contributed by atoms with Crippen LogP contribution in [0.5, 0.6) is 0 Å². The van der Waals surface area contributed by atoms with E-state index in [1.165, 1.54) is 0 Å². The highest BCUT2D eigenvalue weighted by Gasteiger charge is 2.50. The van der Waals surface area contributed by atoms with E-state index >= 15 is 0 Å². The first kappa shape index (κ1) is 15.7. The molecule has 2 bridgehead atoms. The van der Waals surface area contributed by atoms with Crippen LogP contribution in [0.15, 0.2) is 0 Å². The second kappa shape index (κ2) is 6.50. The lowest BCUT2D eigenvalue weighted by Gasteiger charge is -2.32. The highest BCUT2D eigenvalue weighted by atomic mass is 16.5. The number of ether oxygens (including phenoxy) is 1. The van der Waals surface area contributed by atoms with Gasteiger partial charge in [-0.25, -0.2) is 0 Å². The molecule has 3 aliphatic rings. The van der Waals surface area contributed by atoms with Crippen LogP contribution in [0.25, 0.3) is 0 Å². The van der Waals surface area contributed by atoms with Crippen LogP contribution < -0.4 is 5.32 Å². The van der Waals surface area contributed by atoms with Crippen LogP contribution in [0.3, 0.4) is 0 Å². The molecule has 0 radical (unpaired) electrons. The molecule has 7 nitrogen and oxygen atoms in total. The average Bonchev–Trinajstić information content (AvgIpc) is 3.25. The number of carbonyl (C=O) groups excluding carboxylic acids is 1. The number of fused-ring (bicyclic) bond motifs is 2. The zero-order valence-electron chi connectivity index (χ0n) is 12.5. The third-order valence-corrected chi connectivity index (χ3v) is 5.07. The number of amides is 1. The van der Waals surface area contributed by atoms with Crippen LogP contribution >= 0.6 is 0 Å². The van der Waals surface area contributed by atoms with Crippen molar-refractivity contribution in [3.8, 4) is 6.07 Å². The largest absolute Gasteiger partial charge is 0.394 e. The van der Waals surface area contributed by atoms with Crippen LogP contribution in [0, 0.1) is 17.2 Å². The molecule has 7 heteroatoms. The minimum absolute atomic E-state index is 0.0133. The van der Waals surface area contributed by atoms with Crippen LogP contribution in [0.1, 0.15) is 25.7 Å². The number of hydrogen-bond acceptors (Lipinski definition) is 6. The van der Waals surface area contributed by atoms with Crippen LogP contribution in [0.4, 0.5) is 0 Å². The van der Waals surface area contributed by atoms with Crippen LogP contribution in [-0.2, 0) is 9.53 Å². The number of rotatable bonds is 5. The van der Waals surface area contributed by atoms with E-state index in [9.17, 15) is 9.90 Å². The van der Waals surface area contributed by atoms with Gasteiger partial charge in [0.1, 0.15) is 12.1 Å².